The number of nitro groups is 1. The van der Waals surface area contributed by atoms with Crippen molar-refractivity contribution in [3.8, 4) is 0 Å². The molecule has 0 unspecified atom stereocenters. The summed E-state index contributed by atoms with van der Waals surface area (Å²) in [5.41, 5.74) is 0.732. The van der Waals surface area contributed by atoms with Gasteiger partial charge in [-0.3, -0.25) is 0 Å². The first-order chi connectivity index (χ1) is 9.75. The summed E-state index contributed by atoms with van der Waals surface area (Å²) >= 11 is 0. The fourth-order valence-electron chi connectivity index (χ4n) is 3.77. The van der Waals surface area contributed by atoms with Crippen LogP contribution in [0.5, 0.6) is 0 Å². The van der Waals surface area contributed by atoms with Crippen molar-refractivity contribution in [1.29, 1.82) is 0 Å². The molecule has 110 valence electrons. The molecule has 2 aliphatic carbocycles. The molecule has 0 aliphatic heterocycles. The van der Waals surface area contributed by atoms with E-state index in [2.05, 4.69) is 9.97 Å². The minimum absolute atomic E-state index is 0.164. The molecule has 1 aromatic rings. The second kappa shape index (κ2) is 5.94. The third-order valence-electron chi connectivity index (χ3n) is 4.90. The summed E-state index contributed by atoms with van der Waals surface area (Å²) in [6.07, 6.45) is 11.7. The van der Waals surface area contributed by atoms with E-state index in [0.717, 1.165) is 37.2 Å². The minimum Gasteiger partial charge on any atom is -0.358 e. The average molecular weight is 277 g/mol. The lowest BCUT2D eigenvalue weighted by Gasteiger charge is -2.19. The Labute approximate surface area is 119 Å². The van der Waals surface area contributed by atoms with Crippen molar-refractivity contribution in [3.05, 3.63) is 21.6 Å². The molecule has 1 N–H and O–H groups in total. The van der Waals surface area contributed by atoms with E-state index in [1.807, 2.05) is 0 Å². The smallest absolute Gasteiger partial charge is 0.344 e. The van der Waals surface area contributed by atoms with Gasteiger partial charge in [0.2, 0.25) is 0 Å². The second-order valence-electron chi connectivity index (χ2n) is 6.28. The average Bonchev–Trinajstić information content (AvgIpc) is 2.94. The largest absolute Gasteiger partial charge is 0.358 e. The molecule has 1 heterocycles. The van der Waals surface area contributed by atoms with E-state index in [9.17, 15) is 10.1 Å². The molecule has 0 spiro atoms. The molecule has 5 nitrogen and oxygen atoms in total. The normalized spacial score (nSPS) is 22.0. The third kappa shape index (κ3) is 2.72. The van der Waals surface area contributed by atoms with Crippen molar-refractivity contribution >= 4 is 5.82 Å². The Morgan fingerprint density at radius 1 is 0.950 bits per heavy atom. The third-order valence-corrected chi connectivity index (χ3v) is 4.90. The molecule has 0 amide bonds. The Morgan fingerprint density at radius 2 is 1.50 bits per heavy atom. The molecule has 3 rings (SSSR count). The minimum atomic E-state index is -0.275. The molecule has 0 saturated heterocycles. The molecule has 0 bridgehead atoms. The van der Waals surface area contributed by atoms with Gasteiger partial charge in [-0.1, -0.05) is 38.5 Å². The highest BCUT2D eigenvalue weighted by molar-refractivity contribution is 5.33. The quantitative estimate of drug-likeness (QED) is 0.657. The Kier molecular flexibility index (Phi) is 4.03. The molecule has 2 aliphatic rings. The van der Waals surface area contributed by atoms with E-state index in [1.165, 1.54) is 38.5 Å². The first kappa shape index (κ1) is 13.6. The van der Waals surface area contributed by atoms with Crippen LogP contribution in [0.3, 0.4) is 0 Å². The van der Waals surface area contributed by atoms with Gasteiger partial charge < -0.3 is 10.1 Å². The summed E-state index contributed by atoms with van der Waals surface area (Å²) in [4.78, 5) is 18.7. The van der Waals surface area contributed by atoms with Gasteiger partial charge in [-0.15, -0.1) is 0 Å². The number of hydrogen-bond donors (Lipinski definition) is 1. The van der Waals surface area contributed by atoms with Gasteiger partial charge in [0.05, 0.1) is 0 Å². The number of nitrogens with one attached hydrogen (secondary N) is 1. The molecule has 0 aromatic carbocycles. The van der Waals surface area contributed by atoms with Crippen LogP contribution in [-0.4, -0.2) is 14.9 Å². The number of aromatic nitrogens is 2. The number of H-pyrrole nitrogens is 1. The van der Waals surface area contributed by atoms with Crippen molar-refractivity contribution in [2.45, 2.75) is 76.0 Å². The van der Waals surface area contributed by atoms with E-state index in [-0.39, 0.29) is 16.7 Å². The fraction of sp³-hybridized carbons (Fsp3) is 0.800. The van der Waals surface area contributed by atoms with Crippen molar-refractivity contribution in [2.75, 3.05) is 0 Å². The lowest BCUT2D eigenvalue weighted by Crippen LogP contribution is -2.08. The maximum absolute atomic E-state index is 11.3. The Balaban J connectivity index is 1.87. The lowest BCUT2D eigenvalue weighted by atomic mass is 9.87. The zero-order chi connectivity index (χ0) is 13.9. The first-order valence-electron chi connectivity index (χ1n) is 8.00. The van der Waals surface area contributed by atoms with Gasteiger partial charge >= 0.3 is 5.82 Å². The van der Waals surface area contributed by atoms with Crippen LogP contribution in [0.2, 0.25) is 0 Å². The monoisotopic (exact) mass is 277 g/mol. The lowest BCUT2D eigenvalue weighted by molar-refractivity contribution is -0.390. The fourth-order valence-corrected chi connectivity index (χ4v) is 3.77. The van der Waals surface area contributed by atoms with Gasteiger partial charge in [0.15, 0.2) is 5.82 Å². The molecule has 0 radical (unpaired) electrons. The molecule has 1 aromatic heterocycles. The van der Waals surface area contributed by atoms with E-state index >= 15 is 0 Å². The summed E-state index contributed by atoms with van der Waals surface area (Å²) in [6.45, 7) is 0. The predicted octanol–water partition coefficient (Wildman–Crippen LogP) is 4.41. The van der Waals surface area contributed by atoms with Crippen LogP contribution >= 0.6 is 0 Å². The van der Waals surface area contributed by atoms with E-state index < -0.39 is 0 Å². The van der Waals surface area contributed by atoms with Crippen molar-refractivity contribution in [2.24, 2.45) is 0 Å². The first-order valence-corrected chi connectivity index (χ1v) is 8.00. The van der Waals surface area contributed by atoms with Gasteiger partial charge in [-0.05, 0) is 30.6 Å². The number of rotatable bonds is 3. The van der Waals surface area contributed by atoms with E-state index in [4.69, 9.17) is 0 Å². The second-order valence-corrected chi connectivity index (χ2v) is 6.28. The molecular formula is C15H23N3O2. The standard InChI is InChI=1S/C15H23N3O2/c19-18(20)15-13(11-7-3-1-4-8-11)16-14(17-15)12-9-5-2-6-10-12/h11-12H,1-10H2,(H,16,17). The van der Waals surface area contributed by atoms with Gasteiger partial charge in [0.25, 0.3) is 0 Å². The summed E-state index contributed by atoms with van der Waals surface area (Å²) < 4.78 is 0. The van der Waals surface area contributed by atoms with Gasteiger partial charge in [-0.2, -0.15) is 0 Å². The van der Waals surface area contributed by atoms with Gasteiger partial charge in [0, 0.05) is 11.8 Å². The molecule has 20 heavy (non-hydrogen) atoms. The van der Waals surface area contributed by atoms with Crippen LogP contribution in [-0.2, 0) is 0 Å². The summed E-state index contributed by atoms with van der Waals surface area (Å²) in [7, 11) is 0. The van der Waals surface area contributed by atoms with E-state index in [1.54, 1.807) is 0 Å². The predicted molar refractivity (Wildman–Crippen MR) is 76.9 cm³/mol. The van der Waals surface area contributed by atoms with E-state index in [0.29, 0.717) is 5.92 Å². The SMILES string of the molecule is O=[N+]([O-])c1[nH]c(C2CCCCC2)nc1C1CCCCC1. The Bertz CT molecular complexity index is 471. The summed E-state index contributed by atoms with van der Waals surface area (Å²) in [5.74, 6) is 1.73. The molecular weight excluding hydrogens is 254 g/mol. The molecule has 2 fully saturated rings. The maximum Gasteiger partial charge on any atom is 0.344 e. The van der Waals surface area contributed by atoms with Gasteiger partial charge in [0.1, 0.15) is 5.69 Å². The summed E-state index contributed by atoms with van der Waals surface area (Å²) in [6, 6.07) is 0. The number of nitrogens with zero attached hydrogens (tertiary/aromatic N) is 2. The van der Waals surface area contributed by atoms with Crippen molar-refractivity contribution in [1.82, 2.24) is 9.97 Å². The zero-order valence-electron chi connectivity index (χ0n) is 11.9. The van der Waals surface area contributed by atoms with Crippen LogP contribution in [0.1, 0.15) is 87.6 Å². The van der Waals surface area contributed by atoms with Crippen LogP contribution in [0.4, 0.5) is 5.82 Å². The van der Waals surface area contributed by atoms with Crippen molar-refractivity contribution < 1.29 is 4.92 Å². The zero-order valence-corrected chi connectivity index (χ0v) is 11.9. The van der Waals surface area contributed by atoms with Crippen LogP contribution < -0.4 is 0 Å². The van der Waals surface area contributed by atoms with Gasteiger partial charge in [-0.25, -0.2) is 9.97 Å². The van der Waals surface area contributed by atoms with Crippen molar-refractivity contribution in [3.63, 3.8) is 0 Å². The van der Waals surface area contributed by atoms with Crippen LogP contribution in [0.25, 0.3) is 0 Å². The number of aromatic amines is 1. The maximum atomic E-state index is 11.3. The molecule has 0 atom stereocenters. The number of imidazole rings is 1. The van der Waals surface area contributed by atoms with Crippen LogP contribution in [0, 0.1) is 10.1 Å². The summed E-state index contributed by atoms with van der Waals surface area (Å²) in [5, 5.41) is 11.3. The Hall–Kier alpha value is -1.39. The molecule has 5 heteroatoms. The molecule has 2 saturated carbocycles. The number of hydrogen-bond acceptors (Lipinski definition) is 3. The topological polar surface area (TPSA) is 71.8 Å². The highest BCUT2D eigenvalue weighted by Crippen LogP contribution is 2.39. The highest BCUT2D eigenvalue weighted by Gasteiger charge is 2.31. The highest BCUT2D eigenvalue weighted by atomic mass is 16.6. The Morgan fingerprint density at radius 3 is 2.05 bits per heavy atom. The van der Waals surface area contributed by atoms with Crippen LogP contribution in [0.15, 0.2) is 0 Å².